The molecule has 0 aromatic heterocycles. The normalized spacial score (nSPS) is 10.8. The van der Waals surface area contributed by atoms with Crippen LogP contribution in [0.2, 0.25) is 0 Å². The molecule has 0 radical (unpaired) electrons. The van der Waals surface area contributed by atoms with Crippen LogP contribution in [0.3, 0.4) is 0 Å². The molecule has 9 aromatic rings. The summed E-state index contributed by atoms with van der Waals surface area (Å²) in [6.07, 6.45) is 1.83. The molecule has 0 saturated carbocycles. The van der Waals surface area contributed by atoms with Crippen molar-refractivity contribution in [2.75, 3.05) is 0 Å². The third-order valence-corrected chi connectivity index (χ3v) is 11.4. The monoisotopic (exact) mass is 1200 g/mol. The van der Waals surface area contributed by atoms with Crippen LogP contribution in [0.25, 0.3) is 39.1 Å². The Balaban J connectivity index is 0.000000180. The molecule has 0 bridgehead atoms. The van der Waals surface area contributed by atoms with E-state index in [9.17, 15) is 0 Å². The van der Waals surface area contributed by atoms with Crippen molar-refractivity contribution in [1.82, 2.24) is 0 Å². The van der Waals surface area contributed by atoms with Crippen LogP contribution in [0, 0.1) is 13.8 Å². The number of rotatable bonds is 3. The van der Waals surface area contributed by atoms with E-state index in [2.05, 4.69) is 225 Å². The molecule has 0 heterocycles. The van der Waals surface area contributed by atoms with Gasteiger partial charge in [0.1, 0.15) is 0 Å². The molecule has 0 spiro atoms. The predicted molar refractivity (Wildman–Crippen MR) is 293 cm³/mol. The number of halogens is 6. The molecule has 9 rings (SSSR count). The van der Waals surface area contributed by atoms with Gasteiger partial charge in [0.15, 0.2) is 0 Å². The smallest absolute Gasteiger partial charge is 0.0629 e. The van der Waals surface area contributed by atoms with Gasteiger partial charge < -0.3 is 0 Å². The van der Waals surface area contributed by atoms with Crippen LogP contribution in [0.5, 0.6) is 0 Å². The molecule has 0 amide bonds. The van der Waals surface area contributed by atoms with Crippen LogP contribution < -0.4 is 0 Å². The average molecular weight is 1200 g/mol. The van der Waals surface area contributed by atoms with Crippen LogP contribution >= 0.6 is 95.6 Å². The minimum absolute atomic E-state index is 0.177. The molecule has 0 nitrogen and oxygen atoms in total. The second-order valence-electron chi connectivity index (χ2n) is 13.2. The van der Waals surface area contributed by atoms with Gasteiger partial charge in [-0.15, -0.1) is 0 Å². The SMILES string of the molecule is Brc1ccc(-c2ccccc2)cc1.Brc1ccc2ccccc2c1.Brc1ccccc1.C=Cc1ccc(Br)cc1.Cc1cc(C)cc(Br)c1.[2H]c1c([2H])c([2H])c(-c2ccc(Br)cc2)c([2H])c1[2H]. The number of hydrogen-bond acceptors (Lipinski definition) is 0. The summed E-state index contributed by atoms with van der Waals surface area (Å²) in [6, 6.07) is 63.3. The van der Waals surface area contributed by atoms with Crippen molar-refractivity contribution < 1.29 is 6.85 Å². The van der Waals surface area contributed by atoms with Crippen molar-refractivity contribution in [3.63, 3.8) is 0 Å². The third kappa shape index (κ3) is 19.9. The average Bonchev–Trinajstić information content (AvgIpc) is 3.32. The molecule has 312 valence electrons. The maximum atomic E-state index is 7.84. The summed E-state index contributed by atoms with van der Waals surface area (Å²) in [7, 11) is 0. The van der Waals surface area contributed by atoms with Gasteiger partial charge in [-0.05, 0) is 136 Å². The number of fused-ring (bicyclic) bond motifs is 1. The van der Waals surface area contributed by atoms with Crippen LogP contribution in [0.1, 0.15) is 23.5 Å². The van der Waals surface area contributed by atoms with E-state index in [0.717, 1.165) is 27.9 Å². The fraction of sp³-hybridized carbons (Fsp3) is 0.0357. The molecule has 0 saturated heterocycles. The van der Waals surface area contributed by atoms with E-state index in [1.807, 2.05) is 66.7 Å². The highest BCUT2D eigenvalue weighted by Gasteiger charge is 1.96. The first-order valence-corrected chi connectivity index (χ1v) is 23.9. The zero-order chi connectivity index (χ0) is 48.9. The van der Waals surface area contributed by atoms with Crippen molar-refractivity contribution in [3.05, 3.63) is 274 Å². The van der Waals surface area contributed by atoms with Gasteiger partial charge in [0.05, 0.1) is 6.85 Å². The lowest BCUT2D eigenvalue weighted by molar-refractivity contribution is 1.37. The molecule has 0 N–H and O–H groups in total. The highest BCUT2D eigenvalue weighted by atomic mass is 79.9. The predicted octanol–water partition coefficient (Wildman–Crippen LogP) is 20.4. The Morgan fingerprint density at radius 1 is 0.355 bits per heavy atom. The van der Waals surface area contributed by atoms with Crippen molar-refractivity contribution >= 4 is 112 Å². The summed E-state index contributed by atoms with van der Waals surface area (Å²) in [5, 5.41) is 2.57. The summed E-state index contributed by atoms with van der Waals surface area (Å²) < 4.78 is 45.0. The first kappa shape index (κ1) is 43.1. The Labute approximate surface area is 426 Å². The van der Waals surface area contributed by atoms with Crippen LogP contribution in [-0.2, 0) is 0 Å². The molecule has 6 heteroatoms. The zero-order valence-corrected chi connectivity index (χ0v) is 43.5. The van der Waals surface area contributed by atoms with Crippen molar-refractivity contribution in [1.29, 1.82) is 0 Å². The van der Waals surface area contributed by atoms with Crippen LogP contribution in [0.15, 0.2) is 258 Å². The van der Waals surface area contributed by atoms with Crippen LogP contribution in [0.4, 0.5) is 0 Å². The van der Waals surface area contributed by atoms with E-state index in [4.69, 9.17) is 6.85 Å². The van der Waals surface area contributed by atoms with Crippen molar-refractivity contribution in [2.24, 2.45) is 0 Å². The van der Waals surface area contributed by atoms with Crippen LogP contribution in [-0.4, -0.2) is 0 Å². The molecule has 0 fully saturated rings. The molecule has 0 atom stereocenters. The van der Waals surface area contributed by atoms with Crippen molar-refractivity contribution in [2.45, 2.75) is 13.8 Å². The minimum Gasteiger partial charge on any atom is -0.0985 e. The fourth-order valence-electron chi connectivity index (χ4n) is 5.38. The highest BCUT2D eigenvalue weighted by Crippen LogP contribution is 2.23. The van der Waals surface area contributed by atoms with E-state index in [1.165, 1.54) is 37.5 Å². The second-order valence-corrected chi connectivity index (χ2v) is 18.7. The van der Waals surface area contributed by atoms with Gasteiger partial charge in [-0.3, -0.25) is 0 Å². The van der Waals surface area contributed by atoms with Gasteiger partial charge in [-0.2, -0.15) is 0 Å². The summed E-state index contributed by atoms with van der Waals surface area (Å²) in [4.78, 5) is 0. The third-order valence-electron chi connectivity index (χ3n) is 8.32. The van der Waals surface area contributed by atoms with Gasteiger partial charge >= 0.3 is 0 Å². The van der Waals surface area contributed by atoms with Gasteiger partial charge in [-0.1, -0.05) is 260 Å². The minimum atomic E-state index is -0.370. The lowest BCUT2D eigenvalue weighted by atomic mass is 10.1. The van der Waals surface area contributed by atoms with Gasteiger partial charge in [0, 0.05) is 26.8 Å². The zero-order valence-electron chi connectivity index (χ0n) is 39.0. The first-order valence-electron chi connectivity index (χ1n) is 21.7. The Kier molecular flexibility index (Phi) is 19.8. The quantitative estimate of drug-likeness (QED) is 0.165. The number of hydrogen-bond donors (Lipinski definition) is 0. The largest absolute Gasteiger partial charge is 0.0985 e. The first-order chi connectivity index (χ1) is 32.1. The lowest BCUT2D eigenvalue weighted by Gasteiger charge is -2.00. The number of aryl methyl sites for hydroxylation is 2. The van der Waals surface area contributed by atoms with E-state index in [-0.39, 0.29) is 35.8 Å². The summed E-state index contributed by atoms with van der Waals surface area (Å²) in [5.41, 5.74) is 7.12. The summed E-state index contributed by atoms with van der Waals surface area (Å²) in [6.45, 7) is 7.84. The molecular formula is C56H46Br6. The maximum Gasteiger partial charge on any atom is 0.0629 e. The van der Waals surface area contributed by atoms with Gasteiger partial charge in [0.25, 0.3) is 0 Å². The highest BCUT2D eigenvalue weighted by molar-refractivity contribution is 9.11. The van der Waals surface area contributed by atoms with E-state index >= 15 is 0 Å². The molecule has 62 heavy (non-hydrogen) atoms. The maximum absolute atomic E-state index is 7.84. The van der Waals surface area contributed by atoms with E-state index in [0.29, 0.717) is 5.56 Å². The summed E-state index contributed by atoms with van der Waals surface area (Å²) >= 11 is 20.2. The summed E-state index contributed by atoms with van der Waals surface area (Å²) in [5.74, 6) is 0. The number of benzene rings is 9. The second kappa shape index (κ2) is 28.5. The molecular weight excluding hydrogens is 1150 g/mol. The van der Waals surface area contributed by atoms with Gasteiger partial charge in [0.2, 0.25) is 0 Å². The van der Waals surface area contributed by atoms with E-state index < -0.39 is 0 Å². The topological polar surface area (TPSA) is 0 Å². The fourth-order valence-corrected chi connectivity index (χ4v) is 7.58. The molecule has 0 unspecified atom stereocenters. The molecule has 0 aliphatic carbocycles. The van der Waals surface area contributed by atoms with Crippen molar-refractivity contribution in [3.8, 4) is 22.3 Å². The lowest BCUT2D eigenvalue weighted by Crippen LogP contribution is -1.75. The Bertz CT molecular complexity index is 2850. The van der Waals surface area contributed by atoms with Gasteiger partial charge in [-0.25, -0.2) is 0 Å². The Morgan fingerprint density at radius 2 is 0.758 bits per heavy atom. The Morgan fingerprint density at radius 3 is 1.23 bits per heavy atom. The van der Waals surface area contributed by atoms with E-state index in [1.54, 1.807) is 24.3 Å². The molecule has 9 aromatic carbocycles. The molecule has 0 aliphatic rings. The molecule has 0 aliphatic heterocycles. The standard InChI is InChI=1S/2C12H9Br.C10H7Br.C8H9Br.C8H7Br.C6H5Br/c2*13-12-8-6-11(7-9-12)10-4-2-1-3-5-10;11-10-6-5-8-3-1-2-4-9(8)7-10;1-6-3-7(2)5-8(9)4-6;1-2-7-3-5-8(9)6-4-7;7-6-4-2-1-3-5-6/h2*1-9H;1-7H;3-5H,1-2H3;2-6H,1H2;1-5H/i1D,2D,3D,4D,5D;;;;;. The Hall–Kier alpha value is -4.14.